The summed E-state index contributed by atoms with van der Waals surface area (Å²) in [6.07, 6.45) is 1.67. The molecular weight excluding hydrogens is 272 g/mol. The van der Waals surface area contributed by atoms with Crippen LogP contribution in [0, 0.1) is 13.5 Å². The van der Waals surface area contributed by atoms with E-state index in [0.29, 0.717) is 11.5 Å². The van der Waals surface area contributed by atoms with Crippen LogP contribution in [0.3, 0.4) is 0 Å². The predicted octanol–water partition coefficient (Wildman–Crippen LogP) is 4.25. The summed E-state index contributed by atoms with van der Waals surface area (Å²) < 4.78 is 0. The van der Waals surface area contributed by atoms with Crippen LogP contribution in [0.5, 0.6) is 0 Å². The Kier molecular flexibility index (Phi) is 3.55. The summed E-state index contributed by atoms with van der Waals surface area (Å²) in [6, 6.07) is 15.3. The Labute approximate surface area is 129 Å². The van der Waals surface area contributed by atoms with Crippen molar-refractivity contribution in [2.24, 2.45) is 0 Å². The van der Waals surface area contributed by atoms with Gasteiger partial charge in [0.2, 0.25) is 0 Å². The van der Waals surface area contributed by atoms with E-state index in [1.54, 1.807) is 12.3 Å². The van der Waals surface area contributed by atoms with Gasteiger partial charge < -0.3 is 10.6 Å². The number of hydrogen-bond acceptors (Lipinski definition) is 3. The van der Waals surface area contributed by atoms with Gasteiger partial charge in [0.05, 0.1) is 17.1 Å². The highest BCUT2D eigenvalue weighted by atomic mass is 14.9. The number of pyridine rings is 2. The van der Waals surface area contributed by atoms with E-state index in [-0.39, 0.29) is 0 Å². The second-order valence-corrected chi connectivity index (χ2v) is 4.97. The number of nitrogens with two attached hydrogens (primary N) is 1. The van der Waals surface area contributed by atoms with Crippen LogP contribution in [0.25, 0.3) is 27.4 Å². The largest absolute Gasteiger partial charge is 0.397 e. The molecule has 0 spiro atoms. The van der Waals surface area contributed by atoms with Gasteiger partial charge in [0.1, 0.15) is 6.20 Å². The second kappa shape index (κ2) is 5.66. The molecule has 0 saturated heterocycles. The third-order valence-electron chi connectivity index (χ3n) is 3.43. The minimum Gasteiger partial charge on any atom is -0.397 e. The molecule has 4 nitrogen and oxygen atoms in total. The summed E-state index contributed by atoms with van der Waals surface area (Å²) in [6.45, 7) is 8.93. The molecule has 3 rings (SSSR count). The van der Waals surface area contributed by atoms with Crippen molar-refractivity contribution >= 4 is 11.5 Å². The molecule has 106 valence electrons. The normalized spacial score (nSPS) is 10.2. The molecule has 4 heteroatoms. The molecule has 0 aliphatic carbocycles. The molecule has 0 bridgehead atoms. The van der Waals surface area contributed by atoms with Crippen LogP contribution in [-0.2, 0) is 0 Å². The van der Waals surface area contributed by atoms with Gasteiger partial charge in [0, 0.05) is 11.1 Å². The maximum Gasteiger partial charge on any atom is 0.269 e. The number of hydrogen-bond donors (Lipinski definition) is 1. The molecule has 0 aliphatic heterocycles. The molecule has 1 aromatic carbocycles. The van der Waals surface area contributed by atoms with Gasteiger partial charge in [-0.1, -0.05) is 43.0 Å². The van der Waals surface area contributed by atoms with Crippen molar-refractivity contribution in [1.29, 1.82) is 0 Å². The van der Waals surface area contributed by atoms with Crippen LogP contribution in [0.1, 0.15) is 5.56 Å². The molecule has 0 unspecified atom stereocenters. The first-order valence-corrected chi connectivity index (χ1v) is 6.85. The van der Waals surface area contributed by atoms with Crippen LogP contribution >= 0.6 is 0 Å². The van der Waals surface area contributed by atoms with Crippen LogP contribution in [-0.4, -0.2) is 9.97 Å². The minimum atomic E-state index is 0.375. The zero-order valence-electron chi connectivity index (χ0n) is 12.1. The highest BCUT2D eigenvalue weighted by Crippen LogP contribution is 2.30. The summed E-state index contributed by atoms with van der Waals surface area (Å²) in [5.74, 6) is 0.375. The van der Waals surface area contributed by atoms with Gasteiger partial charge in [-0.05, 0) is 24.6 Å². The number of anilines is 1. The number of nitrogen functional groups attached to an aromatic ring is 1. The van der Waals surface area contributed by atoms with Crippen molar-refractivity contribution in [1.82, 2.24) is 9.97 Å². The lowest BCUT2D eigenvalue weighted by molar-refractivity contribution is 1.25. The van der Waals surface area contributed by atoms with E-state index in [4.69, 9.17) is 17.3 Å². The molecular formula is C18H14N4. The van der Waals surface area contributed by atoms with Crippen molar-refractivity contribution in [2.45, 2.75) is 6.92 Å². The standard InChI is InChI=1S/C18H14N4/c1-12-10-15(19)18(13-6-4-3-5-7-13)22-17(12)14-8-9-16(20-2)21-11-14/h3-11H,19H2,1H3. The van der Waals surface area contributed by atoms with Crippen LogP contribution in [0.4, 0.5) is 11.5 Å². The number of benzene rings is 1. The van der Waals surface area contributed by atoms with Gasteiger partial charge in [-0.25, -0.2) is 4.98 Å². The Balaban J connectivity index is 2.14. The van der Waals surface area contributed by atoms with E-state index < -0.39 is 0 Å². The summed E-state index contributed by atoms with van der Waals surface area (Å²) in [7, 11) is 0. The van der Waals surface area contributed by atoms with E-state index >= 15 is 0 Å². The third-order valence-corrected chi connectivity index (χ3v) is 3.43. The molecule has 0 amide bonds. The Hall–Kier alpha value is -3.19. The van der Waals surface area contributed by atoms with Gasteiger partial charge in [-0.3, -0.25) is 0 Å². The Morgan fingerprint density at radius 1 is 1.00 bits per heavy atom. The monoisotopic (exact) mass is 286 g/mol. The fourth-order valence-corrected chi connectivity index (χ4v) is 2.35. The van der Waals surface area contributed by atoms with Gasteiger partial charge in [-0.15, -0.1) is 4.98 Å². The van der Waals surface area contributed by atoms with Gasteiger partial charge in [-0.2, -0.15) is 0 Å². The highest BCUT2D eigenvalue weighted by Gasteiger charge is 2.12. The fourth-order valence-electron chi connectivity index (χ4n) is 2.35. The first-order valence-electron chi connectivity index (χ1n) is 6.85. The summed E-state index contributed by atoms with van der Waals surface area (Å²) >= 11 is 0. The topological polar surface area (TPSA) is 56.2 Å². The molecule has 0 fully saturated rings. The average molecular weight is 286 g/mol. The second-order valence-electron chi connectivity index (χ2n) is 4.97. The van der Waals surface area contributed by atoms with Crippen molar-refractivity contribution < 1.29 is 0 Å². The zero-order valence-corrected chi connectivity index (χ0v) is 12.1. The van der Waals surface area contributed by atoms with E-state index in [0.717, 1.165) is 28.1 Å². The van der Waals surface area contributed by atoms with Gasteiger partial charge in [0.15, 0.2) is 0 Å². The van der Waals surface area contributed by atoms with Gasteiger partial charge in [0.25, 0.3) is 5.82 Å². The number of nitrogens with zero attached hydrogens (tertiary/aromatic N) is 3. The van der Waals surface area contributed by atoms with Gasteiger partial charge >= 0.3 is 0 Å². The minimum absolute atomic E-state index is 0.375. The number of aromatic nitrogens is 2. The summed E-state index contributed by atoms with van der Waals surface area (Å²) in [5.41, 5.74) is 11.2. The molecule has 2 N–H and O–H groups in total. The first-order chi connectivity index (χ1) is 10.7. The van der Waals surface area contributed by atoms with Crippen LogP contribution in [0.15, 0.2) is 54.7 Å². The Morgan fingerprint density at radius 2 is 1.77 bits per heavy atom. The number of rotatable bonds is 2. The first kappa shape index (κ1) is 13.8. The Bertz CT molecular complexity index is 847. The molecule has 0 radical (unpaired) electrons. The summed E-state index contributed by atoms with van der Waals surface area (Å²) in [5, 5.41) is 0. The molecule has 22 heavy (non-hydrogen) atoms. The summed E-state index contributed by atoms with van der Waals surface area (Å²) in [4.78, 5) is 12.1. The fraction of sp³-hybridized carbons (Fsp3) is 0.0556. The predicted molar refractivity (Wildman–Crippen MR) is 88.3 cm³/mol. The highest BCUT2D eigenvalue weighted by molar-refractivity contribution is 5.77. The SMILES string of the molecule is [C-]#[N+]c1ccc(-c2nc(-c3ccccc3)c(N)cc2C)cn1. The average Bonchev–Trinajstić information content (AvgIpc) is 2.56. The van der Waals surface area contributed by atoms with E-state index in [9.17, 15) is 0 Å². The maximum atomic E-state index is 6.97. The maximum absolute atomic E-state index is 6.97. The smallest absolute Gasteiger partial charge is 0.269 e. The molecule has 0 aliphatic rings. The zero-order chi connectivity index (χ0) is 15.5. The molecule has 2 aromatic heterocycles. The van der Waals surface area contributed by atoms with Crippen molar-refractivity contribution in [3.8, 4) is 22.5 Å². The van der Waals surface area contributed by atoms with Crippen LogP contribution in [0.2, 0.25) is 0 Å². The Morgan fingerprint density at radius 3 is 2.41 bits per heavy atom. The van der Waals surface area contributed by atoms with E-state index in [1.165, 1.54) is 0 Å². The molecule has 0 saturated carbocycles. The lowest BCUT2D eigenvalue weighted by atomic mass is 10.0. The number of aryl methyl sites for hydroxylation is 1. The van der Waals surface area contributed by atoms with E-state index in [1.807, 2.05) is 49.4 Å². The van der Waals surface area contributed by atoms with Crippen molar-refractivity contribution in [3.63, 3.8) is 0 Å². The van der Waals surface area contributed by atoms with Crippen LogP contribution < -0.4 is 5.73 Å². The third kappa shape index (κ3) is 2.52. The quantitative estimate of drug-likeness (QED) is 0.716. The van der Waals surface area contributed by atoms with Crippen molar-refractivity contribution in [3.05, 3.63) is 71.7 Å². The molecule has 2 heterocycles. The molecule has 0 atom stereocenters. The lowest BCUT2D eigenvalue weighted by Gasteiger charge is -2.11. The molecule has 3 aromatic rings. The van der Waals surface area contributed by atoms with Crippen molar-refractivity contribution in [2.75, 3.05) is 5.73 Å². The lowest BCUT2D eigenvalue weighted by Crippen LogP contribution is -1.98. The van der Waals surface area contributed by atoms with E-state index in [2.05, 4.69) is 9.83 Å².